The van der Waals surface area contributed by atoms with Crippen LogP contribution >= 0.6 is 23.2 Å². The molecule has 0 radical (unpaired) electrons. The Morgan fingerprint density at radius 1 is 1.11 bits per heavy atom. The first-order chi connectivity index (χ1) is 12.8. The van der Waals surface area contributed by atoms with E-state index in [1.807, 2.05) is 26.0 Å². The van der Waals surface area contributed by atoms with Crippen molar-refractivity contribution in [2.24, 2.45) is 0 Å². The topological polar surface area (TPSA) is 55.8 Å². The van der Waals surface area contributed by atoms with Crippen LogP contribution in [0.5, 0.6) is 5.75 Å². The van der Waals surface area contributed by atoms with Crippen LogP contribution in [0.2, 0.25) is 10.0 Å². The molecule has 2 aromatic carbocycles. The minimum Gasteiger partial charge on any atom is -0.508 e. The van der Waals surface area contributed by atoms with Gasteiger partial charge in [0.1, 0.15) is 12.4 Å². The molecule has 0 aromatic heterocycles. The first-order valence-corrected chi connectivity index (χ1v) is 9.59. The third-order valence-corrected chi connectivity index (χ3v) is 4.76. The first-order valence-electron chi connectivity index (χ1n) is 8.83. The summed E-state index contributed by atoms with van der Waals surface area (Å²) in [6.45, 7) is 6.23. The van der Waals surface area contributed by atoms with Gasteiger partial charge in [0.2, 0.25) is 0 Å². The lowest BCUT2D eigenvalue weighted by molar-refractivity contribution is -0.148. The van der Waals surface area contributed by atoms with Crippen LogP contribution in [0.25, 0.3) is 0 Å². The fourth-order valence-corrected chi connectivity index (χ4v) is 3.41. The second-order valence-corrected chi connectivity index (χ2v) is 7.37. The average molecular weight is 411 g/mol. The number of carbonyl (C=O) groups excluding carboxylic acids is 1. The predicted octanol–water partition coefficient (Wildman–Crippen LogP) is 5.49. The molecule has 1 N–H and O–H groups in total. The molecule has 0 bridgehead atoms. The Labute approximate surface area is 170 Å². The highest BCUT2D eigenvalue weighted by Gasteiger charge is 2.13. The molecule has 0 aliphatic rings. The summed E-state index contributed by atoms with van der Waals surface area (Å²) in [5.41, 5.74) is 3.51. The van der Waals surface area contributed by atoms with Crippen LogP contribution in [0.15, 0.2) is 30.3 Å². The lowest BCUT2D eigenvalue weighted by Crippen LogP contribution is -2.12. The number of rotatable bonds is 8. The summed E-state index contributed by atoms with van der Waals surface area (Å²) in [4.78, 5) is 11.3. The summed E-state index contributed by atoms with van der Waals surface area (Å²) in [5.74, 6) is 0.106. The number of ether oxygens (including phenoxy) is 2. The molecule has 0 spiro atoms. The van der Waals surface area contributed by atoms with E-state index in [4.69, 9.17) is 32.7 Å². The van der Waals surface area contributed by atoms with Crippen LogP contribution in [0.4, 0.5) is 0 Å². The highest BCUT2D eigenvalue weighted by Crippen LogP contribution is 2.32. The van der Waals surface area contributed by atoms with Gasteiger partial charge in [0.05, 0.1) is 13.2 Å². The molecule has 146 valence electrons. The molecule has 0 aliphatic heterocycles. The number of carbonyl (C=O) groups is 1. The molecule has 2 aromatic rings. The summed E-state index contributed by atoms with van der Waals surface area (Å²) in [5, 5.41) is 11.0. The van der Waals surface area contributed by atoms with Crippen LogP contribution < -0.4 is 0 Å². The summed E-state index contributed by atoms with van der Waals surface area (Å²) in [6, 6.07) is 9.12. The number of hydrogen-bond acceptors (Lipinski definition) is 4. The van der Waals surface area contributed by atoms with E-state index in [9.17, 15) is 9.90 Å². The third kappa shape index (κ3) is 6.13. The smallest absolute Gasteiger partial charge is 0.332 e. The summed E-state index contributed by atoms with van der Waals surface area (Å²) < 4.78 is 10.2. The van der Waals surface area contributed by atoms with Crippen molar-refractivity contribution in [1.82, 2.24) is 0 Å². The Balaban J connectivity index is 2.11. The number of hydrogen-bond donors (Lipinski definition) is 1. The molecule has 0 unspecified atom stereocenters. The molecular weight excluding hydrogens is 387 g/mol. The van der Waals surface area contributed by atoms with Crippen molar-refractivity contribution >= 4 is 29.2 Å². The Morgan fingerprint density at radius 3 is 2.37 bits per heavy atom. The maximum atomic E-state index is 11.3. The number of halogens is 2. The van der Waals surface area contributed by atoms with E-state index in [0.717, 1.165) is 22.3 Å². The lowest BCUT2D eigenvalue weighted by Gasteiger charge is -2.13. The highest BCUT2D eigenvalue weighted by atomic mass is 35.5. The fraction of sp³-hybridized carbons (Fsp3) is 0.381. The zero-order valence-electron chi connectivity index (χ0n) is 15.7. The van der Waals surface area contributed by atoms with E-state index in [2.05, 4.69) is 0 Å². The van der Waals surface area contributed by atoms with Crippen molar-refractivity contribution < 1.29 is 19.4 Å². The molecule has 27 heavy (non-hydrogen) atoms. The van der Waals surface area contributed by atoms with Crippen LogP contribution in [0.1, 0.15) is 48.9 Å². The fourth-order valence-electron chi connectivity index (χ4n) is 2.74. The number of phenols is 1. The standard InChI is InChI=1S/C21H24Cl2O4/c1-4-27-21(25)12-26-11-15-9-18(22)17(19(23)10-15)8-14-5-6-20(24)16(7-14)13(2)3/h5-7,9-10,13,24H,4,8,11-12H2,1-3H3. The van der Waals surface area contributed by atoms with E-state index in [1.54, 1.807) is 25.1 Å². The predicted molar refractivity (Wildman–Crippen MR) is 108 cm³/mol. The van der Waals surface area contributed by atoms with Crippen LogP contribution in [-0.4, -0.2) is 24.3 Å². The van der Waals surface area contributed by atoms with Gasteiger partial charge in [0.25, 0.3) is 0 Å². The largest absolute Gasteiger partial charge is 0.508 e. The monoisotopic (exact) mass is 410 g/mol. The van der Waals surface area contributed by atoms with Gasteiger partial charge in [0.15, 0.2) is 0 Å². The van der Waals surface area contributed by atoms with Gasteiger partial charge < -0.3 is 14.6 Å². The average Bonchev–Trinajstić information content (AvgIpc) is 2.59. The molecule has 2 rings (SSSR count). The van der Waals surface area contributed by atoms with E-state index in [0.29, 0.717) is 28.8 Å². The molecule has 0 heterocycles. The van der Waals surface area contributed by atoms with E-state index < -0.39 is 5.97 Å². The molecule has 0 saturated heterocycles. The highest BCUT2D eigenvalue weighted by molar-refractivity contribution is 6.36. The van der Waals surface area contributed by atoms with Crippen molar-refractivity contribution in [1.29, 1.82) is 0 Å². The van der Waals surface area contributed by atoms with Gasteiger partial charge in [-0.3, -0.25) is 0 Å². The minimum atomic E-state index is -0.403. The molecular formula is C21H24Cl2O4. The van der Waals surface area contributed by atoms with E-state index in [-0.39, 0.29) is 19.1 Å². The normalized spacial score (nSPS) is 11.0. The van der Waals surface area contributed by atoms with Crippen LogP contribution in [0.3, 0.4) is 0 Å². The van der Waals surface area contributed by atoms with Gasteiger partial charge in [-0.1, -0.05) is 49.2 Å². The molecule has 0 fully saturated rings. The number of aromatic hydroxyl groups is 1. The van der Waals surface area contributed by atoms with Gasteiger partial charge in [-0.25, -0.2) is 4.79 Å². The molecule has 4 nitrogen and oxygen atoms in total. The Hall–Kier alpha value is -1.75. The third-order valence-electron chi connectivity index (χ3n) is 4.09. The number of phenolic OH excluding ortho intramolecular Hbond substituents is 1. The van der Waals surface area contributed by atoms with Crippen LogP contribution in [-0.2, 0) is 27.3 Å². The molecule has 6 heteroatoms. The van der Waals surface area contributed by atoms with Crippen molar-refractivity contribution in [3.8, 4) is 5.75 Å². The molecule has 0 amide bonds. The van der Waals surface area contributed by atoms with Gasteiger partial charge in [-0.2, -0.15) is 0 Å². The Bertz CT molecular complexity index is 780. The maximum Gasteiger partial charge on any atom is 0.332 e. The molecule has 0 aliphatic carbocycles. The Kier molecular flexibility index (Phi) is 7.96. The van der Waals surface area contributed by atoms with Crippen molar-refractivity contribution in [2.75, 3.05) is 13.2 Å². The second kappa shape index (κ2) is 9.98. The van der Waals surface area contributed by atoms with Gasteiger partial charge in [-0.15, -0.1) is 0 Å². The van der Waals surface area contributed by atoms with Crippen molar-refractivity contribution in [3.05, 3.63) is 62.6 Å². The number of esters is 1. The van der Waals surface area contributed by atoms with Crippen molar-refractivity contribution in [3.63, 3.8) is 0 Å². The number of benzene rings is 2. The van der Waals surface area contributed by atoms with E-state index >= 15 is 0 Å². The quantitative estimate of drug-likeness (QED) is 0.584. The van der Waals surface area contributed by atoms with E-state index in [1.165, 1.54) is 0 Å². The molecule has 0 atom stereocenters. The van der Waals surface area contributed by atoms with Crippen molar-refractivity contribution in [2.45, 2.75) is 39.7 Å². The zero-order chi connectivity index (χ0) is 20.0. The summed E-state index contributed by atoms with van der Waals surface area (Å²) in [6.07, 6.45) is 0.557. The summed E-state index contributed by atoms with van der Waals surface area (Å²) in [7, 11) is 0. The summed E-state index contributed by atoms with van der Waals surface area (Å²) >= 11 is 12.9. The first kappa shape index (κ1) is 21.5. The van der Waals surface area contributed by atoms with Gasteiger partial charge in [-0.05, 0) is 53.3 Å². The Morgan fingerprint density at radius 2 is 1.78 bits per heavy atom. The van der Waals surface area contributed by atoms with Gasteiger partial charge in [0, 0.05) is 16.5 Å². The second-order valence-electron chi connectivity index (χ2n) is 6.56. The molecule has 0 saturated carbocycles. The zero-order valence-corrected chi connectivity index (χ0v) is 17.2. The SMILES string of the molecule is CCOC(=O)COCc1cc(Cl)c(Cc2ccc(O)c(C(C)C)c2)c(Cl)c1. The maximum absolute atomic E-state index is 11.3. The van der Waals surface area contributed by atoms with Gasteiger partial charge >= 0.3 is 5.97 Å². The lowest BCUT2D eigenvalue weighted by atomic mass is 9.96. The minimum absolute atomic E-state index is 0.115. The van der Waals surface area contributed by atoms with Crippen LogP contribution in [0, 0.1) is 0 Å².